The van der Waals surface area contributed by atoms with Crippen LogP contribution in [-0.2, 0) is 10.0 Å². The molecule has 0 saturated carbocycles. The molecule has 1 atom stereocenters. The van der Waals surface area contributed by atoms with E-state index in [1.807, 2.05) is 43.3 Å². The van der Waals surface area contributed by atoms with Gasteiger partial charge in [-0.25, -0.2) is 8.42 Å². The number of hydrogen-bond donors (Lipinski definition) is 0. The maximum atomic E-state index is 13.1. The minimum absolute atomic E-state index is 0.351. The van der Waals surface area contributed by atoms with Crippen LogP contribution in [0.1, 0.15) is 29.9 Å². The van der Waals surface area contributed by atoms with Crippen LogP contribution in [0.2, 0.25) is 0 Å². The molecule has 2 aromatic carbocycles. The summed E-state index contributed by atoms with van der Waals surface area (Å²) in [6, 6.07) is 14.9. The molecule has 3 nitrogen and oxygen atoms in total. The number of halogens is 1. The molecular weight excluding hydrogens is 374 g/mol. The van der Waals surface area contributed by atoms with Crippen molar-refractivity contribution >= 4 is 31.6 Å². The van der Waals surface area contributed by atoms with Gasteiger partial charge >= 0.3 is 0 Å². The molecule has 0 radical (unpaired) electrons. The van der Waals surface area contributed by atoms with E-state index in [9.17, 15) is 8.42 Å². The molecule has 5 heteroatoms. The maximum absolute atomic E-state index is 13.1. The number of anilines is 1. The molecule has 0 bridgehead atoms. The van der Waals surface area contributed by atoms with Gasteiger partial charge in [0.15, 0.2) is 0 Å². The van der Waals surface area contributed by atoms with Gasteiger partial charge in [-0.3, -0.25) is 4.31 Å². The molecule has 0 unspecified atom stereocenters. The summed E-state index contributed by atoms with van der Waals surface area (Å²) < 4.78 is 27.8. The van der Waals surface area contributed by atoms with Gasteiger partial charge in [0.1, 0.15) is 0 Å². The summed E-state index contributed by atoms with van der Waals surface area (Å²) in [6.07, 6.45) is 1.85. The second-order valence-electron chi connectivity index (χ2n) is 5.94. The van der Waals surface area contributed by atoms with Gasteiger partial charge in [0, 0.05) is 11.9 Å². The highest BCUT2D eigenvalue weighted by Gasteiger charge is 2.30. The average molecular weight is 394 g/mol. The molecule has 1 aliphatic heterocycles. The monoisotopic (exact) mass is 393 g/mol. The van der Waals surface area contributed by atoms with Crippen molar-refractivity contribution in [2.45, 2.75) is 30.6 Å². The number of benzene rings is 2. The van der Waals surface area contributed by atoms with Crippen LogP contribution in [0.15, 0.2) is 53.4 Å². The summed E-state index contributed by atoms with van der Waals surface area (Å²) >= 11 is 3.57. The Balaban J connectivity index is 2.09. The number of sulfonamides is 1. The van der Waals surface area contributed by atoms with Crippen molar-refractivity contribution < 1.29 is 8.42 Å². The first-order chi connectivity index (χ1) is 11.0. The van der Waals surface area contributed by atoms with E-state index in [-0.39, 0.29) is 0 Å². The van der Waals surface area contributed by atoms with Crippen LogP contribution in [0.3, 0.4) is 0 Å². The van der Waals surface area contributed by atoms with Gasteiger partial charge < -0.3 is 0 Å². The van der Waals surface area contributed by atoms with Crippen LogP contribution in [0.5, 0.6) is 0 Å². The van der Waals surface area contributed by atoms with Crippen molar-refractivity contribution in [3.8, 4) is 0 Å². The zero-order valence-corrected chi connectivity index (χ0v) is 15.5. The topological polar surface area (TPSA) is 37.4 Å². The fourth-order valence-corrected chi connectivity index (χ4v) is 5.27. The van der Waals surface area contributed by atoms with E-state index in [4.69, 9.17) is 0 Å². The van der Waals surface area contributed by atoms with E-state index in [0.29, 0.717) is 17.4 Å². The molecule has 0 N–H and O–H groups in total. The maximum Gasteiger partial charge on any atom is 0.264 e. The molecule has 2 aromatic rings. The van der Waals surface area contributed by atoms with E-state index >= 15 is 0 Å². The lowest BCUT2D eigenvalue weighted by molar-refractivity contribution is 0.588. The summed E-state index contributed by atoms with van der Waals surface area (Å²) in [5.74, 6) is 0.351. The van der Waals surface area contributed by atoms with E-state index in [0.717, 1.165) is 35.0 Å². The Labute approximate surface area is 146 Å². The molecule has 1 aliphatic rings. The number of rotatable bonds is 3. The predicted octanol–water partition coefficient (Wildman–Crippen LogP) is 4.46. The highest BCUT2D eigenvalue weighted by Crippen LogP contribution is 2.37. The molecule has 122 valence electrons. The number of hydrogen-bond acceptors (Lipinski definition) is 2. The summed E-state index contributed by atoms with van der Waals surface area (Å²) in [7, 11) is -3.53. The Morgan fingerprint density at radius 1 is 1.13 bits per heavy atom. The van der Waals surface area contributed by atoms with Crippen LogP contribution in [-0.4, -0.2) is 20.3 Å². The van der Waals surface area contributed by atoms with Crippen molar-refractivity contribution in [3.05, 3.63) is 59.7 Å². The zero-order valence-electron chi connectivity index (χ0n) is 13.1. The van der Waals surface area contributed by atoms with E-state index in [2.05, 4.69) is 15.9 Å². The lowest BCUT2D eigenvalue weighted by Gasteiger charge is -2.25. The zero-order chi connectivity index (χ0) is 16.4. The second-order valence-corrected chi connectivity index (χ2v) is 8.45. The first-order valence-electron chi connectivity index (χ1n) is 7.78. The third-order valence-electron chi connectivity index (χ3n) is 4.35. The van der Waals surface area contributed by atoms with Crippen molar-refractivity contribution in [2.75, 3.05) is 16.2 Å². The Bertz CT molecular complexity index is 787. The summed E-state index contributed by atoms with van der Waals surface area (Å²) in [5, 5.41) is 0.850. The molecule has 3 rings (SSSR count). The van der Waals surface area contributed by atoms with Crippen LogP contribution >= 0.6 is 15.9 Å². The highest BCUT2D eigenvalue weighted by molar-refractivity contribution is 9.09. The van der Waals surface area contributed by atoms with E-state index in [1.54, 1.807) is 16.4 Å². The number of fused-ring (bicyclic) bond motifs is 1. The lowest BCUT2D eigenvalue weighted by Crippen LogP contribution is -2.31. The first kappa shape index (κ1) is 16.5. The molecule has 0 saturated heterocycles. The molecule has 0 aliphatic carbocycles. The molecular formula is C18H20BrNO2S. The van der Waals surface area contributed by atoms with Crippen LogP contribution in [0.4, 0.5) is 5.69 Å². The van der Waals surface area contributed by atoms with Gasteiger partial charge in [-0.15, -0.1) is 0 Å². The Hall–Kier alpha value is -1.33. The molecule has 0 amide bonds. The number of aryl methyl sites for hydroxylation is 1. The molecule has 0 spiro atoms. The van der Waals surface area contributed by atoms with Crippen molar-refractivity contribution in [1.82, 2.24) is 0 Å². The van der Waals surface area contributed by atoms with Crippen LogP contribution in [0, 0.1) is 6.92 Å². The smallest absolute Gasteiger partial charge is 0.264 e. The van der Waals surface area contributed by atoms with Gasteiger partial charge in [-0.1, -0.05) is 51.8 Å². The summed E-state index contributed by atoms with van der Waals surface area (Å²) in [6.45, 7) is 2.48. The van der Waals surface area contributed by atoms with Gasteiger partial charge in [-0.05, 0) is 49.4 Å². The predicted molar refractivity (Wildman–Crippen MR) is 97.9 cm³/mol. The number of para-hydroxylation sites is 1. The van der Waals surface area contributed by atoms with Crippen molar-refractivity contribution in [2.24, 2.45) is 0 Å². The quantitative estimate of drug-likeness (QED) is 0.721. The standard InChI is InChI=1S/C18H20BrNO2S/c1-14-8-10-16(11-9-14)23(21,22)20-12-4-5-15(13-19)17-6-2-3-7-18(17)20/h2-3,6-11,15H,4-5,12-13H2,1H3/t15-/m0/s1. The number of nitrogens with zero attached hydrogens (tertiary/aromatic N) is 1. The fourth-order valence-electron chi connectivity index (χ4n) is 3.06. The van der Waals surface area contributed by atoms with Gasteiger partial charge in [0.25, 0.3) is 10.0 Å². The molecule has 1 heterocycles. The largest absolute Gasteiger partial charge is 0.266 e. The Morgan fingerprint density at radius 3 is 2.52 bits per heavy atom. The lowest BCUT2D eigenvalue weighted by atomic mass is 9.96. The van der Waals surface area contributed by atoms with Crippen molar-refractivity contribution in [3.63, 3.8) is 0 Å². The van der Waals surface area contributed by atoms with Gasteiger partial charge in [0.05, 0.1) is 10.6 Å². The highest BCUT2D eigenvalue weighted by atomic mass is 79.9. The average Bonchev–Trinajstić information content (AvgIpc) is 2.75. The van der Waals surface area contributed by atoms with E-state index < -0.39 is 10.0 Å². The summed E-state index contributed by atoms with van der Waals surface area (Å²) in [4.78, 5) is 0.357. The second kappa shape index (κ2) is 6.65. The van der Waals surface area contributed by atoms with E-state index in [1.165, 1.54) is 0 Å². The van der Waals surface area contributed by atoms with Crippen LogP contribution in [0.25, 0.3) is 0 Å². The number of alkyl halides is 1. The minimum Gasteiger partial charge on any atom is -0.266 e. The third kappa shape index (κ3) is 3.17. The third-order valence-corrected chi connectivity index (χ3v) is 6.96. The Kier molecular flexibility index (Phi) is 4.78. The SMILES string of the molecule is Cc1ccc(S(=O)(=O)N2CCC[C@@H](CBr)c3ccccc32)cc1. The normalized spacial score (nSPS) is 18.3. The minimum atomic E-state index is -3.53. The Morgan fingerprint density at radius 2 is 1.83 bits per heavy atom. The van der Waals surface area contributed by atoms with Gasteiger partial charge in [0.2, 0.25) is 0 Å². The fraction of sp³-hybridized carbons (Fsp3) is 0.333. The molecule has 0 aromatic heterocycles. The first-order valence-corrected chi connectivity index (χ1v) is 10.3. The van der Waals surface area contributed by atoms with Crippen LogP contribution < -0.4 is 4.31 Å². The molecule has 0 fully saturated rings. The van der Waals surface area contributed by atoms with Gasteiger partial charge in [-0.2, -0.15) is 0 Å². The van der Waals surface area contributed by atoms with Crippen molar-refractivity contribution in [1.29, 1.82) is 0 Å². The summed E-state index contributed by atoms with van der Waals surface area (Å²) in [5.41, 5.74) is 2.98. The molecule has 23 heavy (non-hydrogen) atoms.